The minimum absolute atomic E-state index is 0.309. The van der Waals surface area contributed by atoms with Gasteiger partial charge in [0.25, 0.3) is 11.8 Å². The number of para-hydroxylation sites is 1. The second-order valence-corrected chi connectivity index (χ2v) is 7.62. The van der Waals surface area contributed by atoms with Gasteiger partial charge in [-0.3, -0.25) is 9.59 Å². The largest absolute Gasteiger partial charge is 0.496 e. The van der Waals surface area contributed by atoms with Crippen molar-refractivity contribution in [3.63, 3.8) is 0 Å². The highest BCUT2D eigenvalue weighted by molar-refractivity contribution is 8.03. The molecule has 0 bridgehead atoms. The predicted molar refractivity (Wildman–Crippen MR) is 114 cm³/mol. The summed E-state index contributed by atoms with van der Waals surface area (Å²) in [6, 6.07) is 17.4. The van der Waals surface area contributed by atoms with E-state index < -0.39 is 11.8 Å². The lowest BCUT2D eigenvalue weighted by Gasteiger charge is -2.15. The fourth-order valence-corrected chi connectivity index (χ4v) is 4.31. The summed E-state index contributed by atoms with van der Waals surface area (Å²) >= 11 is 7.35. The summed E-state index contributed by atoms with van der Waals surface area (Å²) in [5, 5.41) is 0.443. The number of benzene rings is 2. The third kappa shape index (κ3) is 3.69. The third-order valence-electron chi connectivity index (χ3n) is 4.42. The molecule has 0 spiro atoms. The van der Waals surface area contributed by atoms with Crippen LogP contribution in [0.3, 0.4) is 0 Å². The number of imide groups is 1. The summed E-state index contributed by atoms with van der Waals surface area (Å²) in [6.45, 7) is 0. The number of halogens is 1. The first-order valence-corrected chi connectivity index (χ1v) is 10.1. The summed E-state index contributed by atoms with van der Waals surface area (Å²) in [4.78, 5) is 28.2. The van der Waals surface area contributed by atoms with Crippen LogP contribution in [0, 0.1) is 0 Å². The van der Waals surface area contributed by atoms with E-state index in [9.17, 15) is 9.59 Å². The van der Waals surface area contributed by atoms with Gasteiger partial charge >= 0.3 is 0 Å². The van der Waals surface area contributed by atoms with Gasteiger partial charge in [-0.1, -0.05) is 35.9 Å². The lowest BCUT2D eigenvalue weighted by molar-refractivity contribution is -0.119. The van der Waals surface area contributed by atoms with Gasteiger partial charge in [-0.2, -0.15) is 0 Å². The summed E-state index contributed by atoms with van der Waals surface area (Å²) in [5.74, 6) is 0.845. The summed E-state index contributed by atoms with van der Waals surface area (Å²) < 4.78 is 10.8. The second kappa shape index (κ2) is 8.19. The molecule has 146 valence electrons. The van der Waals surface area contributed by atoms with Gasteiger partial charge in [0.15, 0.2) is 0 Å². The minimum atomic E-state index is -0.413. The van der Waals surface area contributed by atoms with E-state index >= 15 is 0 Å². The number of anilines is 1. The van der Waals surface area contributed by atoms with Crippen molar-refractivity contribution in [2.75, 3.05) is 12.0 Å². The molecular formula is C22H16ClNO4S. The van der Waals surface area contributed by atoms with Gasteiger partial charge in [-0.25, -0.2) is 4.90 Å². The summed E-state index contributed by atoms with van der Waals surface area (Å²) in [6.07, 6.45) is 1.57. The van der Waals surface area contributed by atoms with E-state index in [0.29, 0.717) is 44.0 Å². The first-order chi connectivity index (χ1) is 14.1. The second-order valence-electron chi connectivity index (χ2n) is 6.20. The zero-order valence-corrected chi connectivity index (χ0v) is 17.0. The SMILES string of the molecule is COc1ccccc1C1=C(SCc2ccco2)C(=O)N(c2cccc(Cl)c2)C1=O. The van der Waals surface area contributed by atoms with E-state index in [2.05, 4.69) is 0 Å². The van der Waals surface area contributed by atoms with Crippen molar-refractivity contribution in [3.8, 4) is 5.75 Å². The van der Waals surface area contributed by atoms with Gasteiger partial charge < -0.3 is 9.15 Å². The molecule has 0 aliphatic carbocycles. The molecule has 2 aromatic carbocycles. The average molecular weight is 426 g/mol. The zero-order chi connectivity index (χ0) is 20.4. The van der Waals surface area contributed by atoms with Gasteiger partial charge in [0.05, 0.1) is 35.3 Å². The van der Waals surface area contributed by atoms with Crippen LogP contribution in [-0.2, 0) is 15.3 Å². The minimum Gasteiger partial charge on any atom is -0.496 e. The molecule has 0 unspecified atom stereocenters. The smallest absolute Gasteiger partial charge is 0.272 e. The number of ether oxygens (including phenoxy) is 1. The van der Waals surface area contributed by atoms with E-state index in [1.165, 1.54) is 18.9 Å². The van der Waals surface area contributed by atoms with Crippen molar-refractivity contribution in [2.45, 2.75) is 5.75 Å². The van der Waals surface area contributed by atoms with E-state index in [1.807, 2.05) is 12.1 Å². The number of methoxy groups -OCH3 is 1. The van der Waals surface area contributed by atoms with Crippen molar-refractivity contribution in [1.29, 1.82) is 0 Å². The highest BCUT2D eigenvalue weighted by Gasteiger charge is 2.41. The van der Waals surface area contributed by atoms with Crippen LogP contribution in [0.2, 0.25) is 5.02 Å². The quantitative estimate of drug-likeness (QED) is 0.510. The number of rotatable bonds is 6. The van der Waals surface area contributed by atoms with Crippen molar-refractivity contribution < 1.29 is 18.7 Å². The van der Waals surface area contributed by atoms with Crippen molar-refractivity contribution in [1.82, 2.24) is 0 Å². The lowest BCUT2D eigenvalue weighted by atomic mass is 10.0. The Bertz CT molecular complexity index is 1110. The highest BCUT2D eigenvalue weighted by Crippen LogP contribution is 2.42. The molecule has 1 aromatic heterocycles. The van der Waals surface area contributed by atoms with Crippen molar-refractivity contribution in [3.05, 3.63) is 88.2 Å². The maximum absolute atomic E-state index is 13.4. The van der Waals surface area contributed by atoms with Gasteiger partial charge in [0, 0.05) is 10.6 Å². The number of thioether (sulfide) groups is 1. The first-order valence-electron chi connectivity index (χ1n) is 8.77. The Labute approximate surface area is 176 Å². The monoisotopic (exact) mass is 425 g/mol. The summed E-state index contributed by atoms with van der Waals surface area (Å²) in [5.41, 5.74) is 1.30. The Hall–Kier alpha value is -2.96. The molecule has 0 saturated carbocycles. The molecule has 0 fully saturated rings. The predicted octanol–water partition coefficient (Wildman–Crippen LogP) is 5.16. The Balaban J connectivity index is 1.80. The molecule has 4 rings (SSSR count). The molecule has 29 heavy (non-hydrogen) atoms. The number of carbonyl (C=O) groups is 2. The number of carbonyl (C=O) groups excluding carboxylic acids is 2. The number of amides is 2. The Kier molecular flexibility index (Phi) is 5.47. The van der Waals surface area contributed by atoms with Gasteiger partial charge in [-0.15, -0.1) is 11.8 Å². The normalized spacial score (nSPS) is 14.1. The van der Waals surface area contributed by atoms with E-state index in [-0.39, 0.29) is 0 Å². The molecule has 2 amide bonds. The number of furan rings is 1. The first kappa shape index (κ1) is 19.4. The van der Waals surface area contributed by atoms with Crippen LogP contribution in [0.5, 0.6) is 5.75 Å². The maximum atomic E-state index is 13.4. The maximum Gasteiger partial charge on any atom is 0.272 e. The molecule has 1 aliphatic heterocycles. The molecule has 5 nitrogen and oxygen atoms in total. The fourth-order valence-electron chi connectivity index (χ4n) is 3.12. The Morgan fingerprint density at radius 1 is 1.03 bits per heavy atom. The molecule has 2 heterocycles. The van der Waals surface area contributed by atoms with Crippen molar-refractivity contribution in [2.24, 2.45) is 0 Å². The molecule has 3 aromatic rings. The van der Waals surface area contributed by atoms with Gasteiger partial charge in [0.2, 0.25) is 0 Å². The average Bonchev–Trinajstić information content (AvgIpc) is 3.32. The lowest BCUT2D eigenvalue weighted by Crippen LogP contribution is -2.31. The van der Waals surface area contributed by atoms with Gasteiger partial charge in [-0.05, 0) is 36.4 Å². The number of hydrogen-bond acceptors (Lipinski definition) is 5. The van der Waals surface area contributed by atoms with Gasteiger partial charge in [0.1, 0.15) is 11.5 Å². The van der Waals surface area contributed by atoms with Crippen LogP contribution in [-0.4, -0.2) is 18.9 Å². The van der Waals surface area contributed by atoms with E-state index in [1.54, 1.807) is 54.8 Å². The van der Waals surface area contributed by atoms with Crippen LogP contribution in [0.1, 0.15) is 11.3 Å². The van der Waals surface area contributed by atoms with E-state index in [0.717, 1.165) is 4.90 Å². The van der Waals surface area contributed by atoms with Crippen LogP contribution >= 0.6 is 23.4 Å². The third-order valence-corrected chi connectivity index (χ3v) is 5.75. The van der Waals surface area contributed by atoms with E-state index in [4.69, 9.17) is 20.8 Å². The Morgan fingerprint density at radius 3 is 2.59 bits per heavy atom. The van der Waals surface area contributed by atoms with Crippen molar-refractivity contribution >= 4 is 46.4 Å². The Morgan fingerprint density at radius 2 is 1.86 bits per heavy atom. The summed E-state index contributed by atoms with van der Waals surface area (Å²) in [7, 11) is 1.53. The zero-order valence-electron chi connectivity index (χ0n) is 15.4. The van der Waals surface area contributed by atoms with Crippen LogP contribution in [0.4, 0.5) is 5.69 Å². The molecule has 1 aliphatic rings. The molecule has 0 atom stereocenters. The highest BCUT2D eigenvalue weighted by atomic mass is 35.5. The topological polar surface area (TPSA) is 59.8 Å². The molecule has 7 heteroatoms. The standard InChI is InChI=1S/C22H16ClNO4S/c1-27-18-10-3-2-9-17(18)19-20(29-13-16-8-5-11-28-16)22(26)24(21(19)25)15-7-4-6-14(23)12-15/h2-12H,13H2,1H3. The van der Waals surface area contributed by atoms with Crippen LogP contribution in [0.25, 0.3) is 5.57 Å². The fraction of sp³-hybridized carbons (Fsp3) is 0.0909. The number of hydrogen-bond donors (Lipinski definition) is 0. The van der Waals surface area contributed by atoms with Crippen LogP contribution in [0.15, 0.2) is 76.2 Å². The molecule has 0 radical (unpaired) electrons. The molecule has 0 N–H and O–H groups in total. The molecule has 0 saturated heterocycles. The number of nitrogens with zero attached hydrogens (tertiary/aromatic N) is 1. The van der Waals surface area contributed by atoms with Crippen LogP contribution < -0.4 is 9.64 Å². The molecular weight excluding hydrogens is 410 g/mol.